The molecule has 1 N–H and O–H groups in total. The fourth-order valence-corrected chi connectivity index (χ4v) is 2.17. The Balaban J connectivity index is 1.95. The van der Waals surface area contributed by atoms with Gasteiger partial charge in [-0.15, -0.1) is 0 Å². The Morgan fingerprint density at radius 1 is 1.40 bits per heavy atom. The van der Waals surface area contributed by atoms with Crippen molar-refractivity contribution in [2.75, 3.05) is 26.2 Å². The smallest absolute Gasteiger partial charge is 0.261 e. The highest BCUT2D eigenvalue weighted by Crippen LogP contribution is 2.25. The summed E-state index contributed by atoms with van der Waals surface area (Å²) in [7, 11) is 0. The quantitative estimate of drug-likeness (QED) is 0.897. The van der Waals surface area contributed by atoms with Gasteiger partial charge in [-0.25, -0.2) is 0 Å². The van der Waals surface area contributed by atoms with Gasteiger partial charge in [0.25, 0.3) is 5.91 Å². The van der Waals surface area contributed by atoms with Crippen LogP contribution < -0.4 is 10.1 Å². The maximum atomic E-state index is 12.0. The number of nitrogens with zero attached hydrogens (tertiary/aromatic N) is 1. The molecule has 1 saturated heterocycles. The molecular formula is C15H20N2O3. The molecule has 2 amide bonds. The Morgan fingerprint density at radius 2 is 2.15 bits per heavy atom. The first-order valence-electron chi connectivity index (χ1n) is 6.84. The van der Waals surface area contributed by atoms with Gasteiger partial charge < -0.3 is 15.0 Å². The molecule has 1 aliphatic rings. The summed E-state index contributed by atoms with van der Waals surface area (Å²) in [5, 5.41) is 2.69. The van der Waals surface area contributed by atoms with Crippen molar-refractivity contribution in [3.8, 4) is 5.75 Å². The van der Waals surface area contributed by atoms with Crippen molar-refractivity contribution in [2.45, 2.75) is 19.8 Å². The maximum Gasteiger partial charge on any atom is 0.261 e. The summed E-state index contributed by atoms with van der Waals surface area (Å²) in [6, 6.07) is 7.71. The number of piperazine rings is 1. The molecule has 1 heterocycles. The van der Waals surface area contributed by atoms with E-state index in [1.165, 1.54) is 4.90 Å². The largest absolute Gasteiger partial charge is 0.483 e. The van der Waals surface area contributed by atoms with Crippen LogP contribution in [0.15, 0.2) is 24.3 Å². The molecule has 1 aliphatic heterocycles. The highest BCUT2D eigenvalue weighted by Gasteiger charge is 2.21. The number of hydrogen-bond donors (Lipinski definition) is 1. The number of carbonyl (C=O) groups excluding carboxylic acids is 2. The van der Waals surface area contributed by atoms with Gasteiger partial charge in [-0.05, 0) is 17.5 Å². The van der Waals surface area contributed by atoms with Gasteiger partial charge in [-0.2, -0.15) is 0 Å². The Hall–Kier alpha value is -2.04. The van der Waals surface area contributed by atoms with Gasteiger partial charge >= 0.3 is 0 Å². The molecule has 0 radical (unpaired) electrons. The Morgan fingerprint density at radius 3 is 2.85 bits per heavy atom. The fraction of sp³-hybridized carbons (Fsp3) is 0.467. The lowest BCUT2D eigenvalue weighted by Gasteiger charge is -2.26. The first-order chi connectivity index (χ1) is 9.58. The van der Waals surface area contributed by atoms with Crippen molar-refractivity contribution >= 4 is 11.8 Å². The Bertz CT molecular complexity index is 500. The molecule has 0 spiro atoms. The summed E-state index contributed by atoms with van der Waals surface area (Å²) in [5.41, 5.74) is 1.08. The van der Waals surface area contributed by atoms with Crippen molar-refractivity contribution in [3.05, 3.63) is 29.8 Å². The first-order valence-corrected chi connectivity index (χ1v) is 6.84. The van der Waals surface area contributed by atoms with Gasteiger partial charge in [0.15, 0.2) is 6.61 Å². The number of ether oxygens (including phenoxy) is 1. The second-order valence-corrected chi connectivity index (χ2v) is 5.15. The van der Waals surface area contributed by atoms with E-state index in [4.69, 9.17) is 4.74 Å². The van der Waals surface area contributed by atoms with Gasteiger partial charge in [0.1, 0.15) is 5.75 Å². The molecule has 0 atom stereocenters. The third-order valence-electron chi connectivity index (χ3n) is 3.28. The van der Waals surface area contributed by atoms with Gasteiger partial charge in [0.2, 0.25) is 5.91 Å². The van der Waals surface area contributed by atoms with E-state index in [1.807, 2.05) is 24.3 Å². The maximum absolute atomic E-state index is 12.0. The van der Waals surface area contributed by atoms with Crippen LogP contribution in [0.25, 0.3) is 0 Å². The highest BCUT2D eigenvalue weighted by molar-refractivity contribution is 5.86. The molecule has 0 aromatic heterocycles. The first kappa shape index (κ1) is 14.4. The van der Waals surface area contributed by atoms with Crippen LogP contribution in [0.1, 0.15) is 25.3 Å². The molecule has 0 aliphatic carbocycles. The summed E-state index contributed by atoms with van der Waals surface area (Å²) >= 11 is 0. The molecule has 5 nitrogen and oxygen atoms in total. The van der Waals surface area contributed by atoms with E-state index >= 15 is 0 Å². The minimum absolute atomic E-state index is 0.0307. The zero-order chi connectivity index (χ0) is 14.5. The van der Waals surface area contributed by atoms with Gasteiger partial charge in [-0.1, -0.05) is 32.0 Å². The zero-order valence-electron chi connectivity index (χ0n) is 11.9. The number of amides is 2. The third-order valence-corrected chi connectivity index (χ3v) is 3.28. The molecule has 108 valence electrons. The summed E-state index contributed by atoms with van der Waals surface area (Å²) < 4.78 is 5.63. The fourth-order valence-electron chi connectivity index (χ4n) is 2.17. The van der Waals surface area contributed by atoms with Crippen molar-refractivity contribution in [1.82, 2.24) is 10.2 Å². The minimum Gasteiger partial charge on any atom is -0.483 e. The number of hydrogen-bond acceptors (Lipinski definition) is 3. The van der Waals surface area contributed by atoms with Crippen LogP contribution in [-0.2, 0) is 9.59 Å². The normalized spacial score (nSPS) is 15.2. The van der Waals surface area contributed by atoms with E-state index in [2.05, 4.69) is 19.2 Å². The van der Waals surface area contributed by atoms with E-state index in [0.717, 1.165) is 11.3 Å². The van der Waals surface area contributed by atoms with Crippen LogP contribution >= 0.6 is 0 Å². The van der Waals surface area contributed by atoms with E-state index in [1.54, 1.807) is 0 Å². The number of rotatable bonds is 4. The van der Waals surface area contributed by atoms with Crippen LogP contribution in [0, 0.1) is 0 Å². The molecular weight excluding hydrogens is 256 g/mol. The second-order valence-electron chi connectivity index (χ2n) is 5.15. The second kappa shape index (κ2) is 6.41. The van der Waals surface area contributed by atoms with Crippen LogP contribution in [0.2, 0.25) is 0 Å². The molecule has 20 heavy (non-hydrogen) atoms. The van der Waals surface area contributed by atoms with Crippen molar-refractivity contribution in [3.63, 3.8) is 0 Å². The SMILES string of the molecule is CC(C)c1ccccc1OCC(=O)N1CCNC(=O)C1. The molecule has 0 bridgehead atoms. The Labute approximate surface area is 118 Å². The lowest BCUT2D eigenvalue weighted by Crippen LogP contribution is -2.51. The number of benzene rings is 1. The van der Waals surface area contributed by atoms with Crippen molar-refractivity contribution in [1.29, 1.82) is 0 Å². The standard InChI is InChI=1S/C15H20N2O3/c1-11(2)12-5-3-4-6-13(12)20-10-15(19)17-8-7-16-14(18)9-17/h3-6,11H,7-10H2,1-2H3,(H,16,18). The average Bonchev–Trinajstić information content (AvgIpc) is 2.45. The van der Waals surface area contributed by atoms with Gasteiger partial charge in [0.05, 0.1) is 6.54 Å². The predicted molar refractivity (Wildman–Crippen MR) is 75.6 cm³/mol. The molecule has 0 saturated carbocycles. The van der Waals surface area contributed by atoms with E-state index in [-0.39, 0.29) is 25.0 Å². The van der Waals surface area contributed by atoms with Crippen LogP contribution in [-0.4, -0.2) is 43.0 Å². The molecule has 2 rings (SSSR count). The predicted octanol–water partition coefficient (Wildman–Crippen LogP) is 1.15. The van der Waals surface area contributed by atoms with Crippen LogP contribution in [0.4, 0.5) is 0 Å². The highest BCUT2D eigenvalue weighted by atomic mass is 16.5. The molecule has 1 aromatic carbocycles. The third kappa shape index (κ3) is 3.50. The van der Waals surface area contributed by atoms with E-state index in [9.17, 15) is 9.59 Å². The van der Waals surface area contributed by atoms with Gasteiger partial charge in [-0.3, -0.25) is 9.59 Å². The van der Waals surface area contributed by atoms with Crippen molar-refractivity contribution < 1.29 is 14.3 Å². The van der Waals surface area contributed by atoms with Crippen molar-refractivity contribution in [2.24, 2.45) is 0 Å². The molecule has 0 unspecified atom stereocenters. The molecule has 1 aromatic rings. The molecule has 1 fully saturated rings. The lowest BCUT2D eigenvalue weighted by atomic mass is 10.0. The Kier molecular flexibility index (Phi) is 4.61. The topological polar surface area (TPSA) is 58.6 Å². The van der Waals surface area contributed by atoms with E-state index < -0.39 is 0 Å². The minimum atomic E-state index is -0.154. The van der Waals surface area contributed by atoms with E-state index in [0.29, 0.717) is 19.0 Å². The van der Waals surface area contributed by atoms with Gasteiger partial charge in [0, 0.05) is 13.1 Å². The summed E-state index contributed by atoms with van der Waals surface area (Å²) in [6.07, 6.45) is 0. The van der Waals surface area contributed by atoms with Crippen LogP contribution in [0.3, 0.4) is 0 Å². The van der Waals surface area contributed by atoms with Crippen LogP contribution in [0.5, 0.6) is 5.75 Å². The average molecular weight is 276 g/mol. The number of carbonyl (C=O) groups is 2. The number of para-hydroxylation sites is 1. The monoisotopic (exact) mass is 276 g/mol. The lowest BCUT2D eigenvalue weighted by molar-refractivity contribution is -0.139. The summed E-state index contributed by atoms with van der Waals surface area (Å²) in [6.45, 7) is 5.30. The summed E-state index contributed by atoms with van der Waals surface area (Å²) in [5.74, 6) is 0.796. The molecule has 5 heteroatoms. The summed E-state index contributed by atoms with van der Waals surface area (Å²) in [4.78, 5) is 24.8. The zero-order valence-corrected chi connectivity index (χ0v) is 11.9. The number of nitrogens with one attached hydrogen (secondary N) is 1.